The lowest BCUT2D eigenvalue weighted by molar-refractivity contribution is 0.0488. The highest BCUT2D eigenvalue weighted by atomic mass is 16.5. The molecule has 0 atom stereocenters. The van der Waals surface area contributed by atoms with E-state index >= 15 is 0 Å². The molecule has 4 nitrogen and oxygen atoms in total. The van der Waals surface area contributed by atoms with Crippen LogP contribution in [0.25, 0.3) is 12.2 Å². The predicted molar refractivity (Wildman–Crippen MR) is 186 cm³/mol. The van der Waals surface area contributed by atoms with E-state index in [9.17, 15) is 9.59 Å². The van der Waals surface area contributed by atoms with E-state index in [-0.39, 0.29) is 11.9 Å². The zero-order valence-electron chi connectivity index (χ0n) is 28.0. The molecule has 0 aliphatic carbocycles. The van der Waals surface area contributed by atoms with Crippen LogP contribution in [0.5, 0.6) is 0 Å². The number of unbranched alkanes of at least 4 members (excludes halogenated alkanes) is 18. The number of hydrogen-bond acceptors (Lipinski definition) is 4. The summed E-state index contributed by atoms with van der Waals surface area (Å²) in [7, 11) is 0. The van der Waals surface area contributed by atoms with Gasteiger partial charge in [-0.25, -0.2) is 9.59 Å². The molecule has 44 heavy (non-hydrogen) atoms. The van der Waals surface area contributed by atoms with Gasteiger partial charge < -0.3 is 9.47 Å². The lowest BCUT2D eigenvalue weighted by atomic mass is 10.1. The van der Waals surface area contributed by atoms with Crippen LogP contribution >= 0.6 is 0 Å². The molecule has 0 amide bonds. The summed E-state index contributed by atoms with van der Waals surface area (Å²) in [6.45, 7) is 5.48. The van der Waals surface area contributed by atoms with Gasteiger partial charge in [0.05, 0.1) is 24.3 Å². The van der Waals surface area contributed by atoms with Crippen molar-refractivity contribution in [3.8, 4) is 0 Å². The SMILES string of the molecule is CCCCCCCCCCCCOC(=O)c1ccc(C=Cc2ccc(C(=O)OCCCCCCCCCCCC)cc2)cc1. The van der Waals surface area contributed by atoms with Gasteiger partial charge >= 0.3 is 11.9 Å². The van der Waals surface area contributed by atoms with Gasteiger partial charge in [0.1, 0.15) is 0 Å². The Morgan fingerprint density at radius 1 is 0.432 bits per heavy atom. The summed E-state index contributed by atoms with van der Waals surface area (Å²) >= 11 is 0. The lowest BCUT2D eigenvalue weighted by Gasteiger charge is -2.06. The molecule has 0 fully saturated rings. The zero-order chi connectivity index (χ0) is 31.5. The molecule has 0 radical (unpaired) electrons. The number of benzene rings is 2. The molecule has 0 aromatic heterocycles. The third-order valence-electron chi connectivity index (χ3n) is 8.22. The quantitative estimate of drug-likeness (QED) is 0.0609. The molecule has 0 N–H and O–H groups in total. The van der Waals surface area contributed by atoms with Crippen molar-refractivity contribution in [3.05, 3.63) is 70.8 Å². The van der Waals surface area contributed by atoms with Crippen molar-refractivity contribution in [3.63, 3.8) is 0 Å². The van der Waals surface area contributed by atoms with Crippen molar-refractivity contribution >= 4 is 24.1 Å². The average molecular weight is 605 g/mol. The van der Waals surface area contributed by atoms with Crippen molar-refractivity contribution in [2.24, 2.45) is 0 Å². The van der Waals surface area contributed by atoms with Crippen LogP contribution in [0.3, 0.4) is 0 Å². The van der Waals surface area contributed by atoms with Crippen molar-refractivity contribution in [2.75, 3.05) is 13.2 Å². The summed E-state index contributed by atoms with van der Waals surface area (Å²) in [5.41, 5.74) is 3.15. The first kappa shape index (κ1) is 37.3. The molecule has 2 aromatic carbocycles. The third-order valence-corrected chi connectivity index (χ3v) is 8.22. The number of carbonyl (C=O) groups excluding carboxylic acids is 2. The number of esters is 2. The van der Waals surface area contributed by atoms with Gasteiger partial charge in [0.25, 0.3) is 0 Å². The summed E-state index contributed by atoms with van der Waals surface area (Å²) in [6, 6.07) is 14.9. The highest BCUT2D eigenvalue weighted by Crippen LogP contribution is 2.15. The summed E-state index contributed by atoms with van der Waals surface area (Å²) in [5, 5.41) is 0. The molecule has 0 unspecified atom stereocenters. The molecule has 244 valence electrons. The Hall–Kier alpha value is -2.88. The molecular weight excluding hydrogens is 544 g/mol. The summed E-state index contributed by atoms with van der Waals surface area (Å²) < 4.78 is 10.9. The maximum Gasteiger partial charge on any atom is 0.338 e. The highest BCUT2D eigenvalue weighted by molar-refractivity contribution is 5.90. The van der Waals surface area contributed by atoms with Gasteiger partial charge in [0.15, 0.2) is 0 Å². The fourth-order valence-electron chi connectivity index (χ4n) is 5.33. The first-order chi connectivity index (χ1) is 21.6. The number of hydrogen-bond donors (Lipinski definition) is 0. The average Bonchev–Trinajstić information content (AvgIpc) is 3.05. The Balaban J connectivity index is 1.57. The van der Waals surface area contributed by atoms with E-state index in [1.807, 2.05) is 60.7 Å². The van der Waals surface area contributed by atoms with Gasteiger partial charge in [-0.2, -0.15) is 0 Å². The van der Waals surface area contributed by atoms with Gasteiger partial charge in [-0.3, -0.25) is 0 Å². The number of ether oxygens (including phenoxy) is 2. The molecule has 0 heterocycles. The number of rotatable bonds is 26. The monoisotopic (exact) mass is 604 g/mol. The third kappa shape index (κ3) is 18.0. The Morgan fingerprint density at radius 2 is 0.705 bits per heavy atom. The van der Waals surface area contributed by atoms with E-state index < -0.39 is 0 Å². The smallest absolute Gasteiger partial charge is 0.338 e. The lowest BCUT2D eigenvalue weighted by Crippen LogP contribution is -2.06. The second-order valence-corrected chi connectivity index (χ2v) is 12.2. The largest absolute Gasteiger partial charge is 0.462 e. The van der Waals surface area contributed by atoms with E-state index in [0.717, 1.165) is 36.8 Å². The fraction of sp³-hybridized carbons (Fsp3) is 0.600. The Morgan fingerprint density at radius 3 is 1.00 bits per heavy atom. The molecule has 0 bridgehead atoms. The van der Waals surface area contributed by atoms with E-state index in [2.05, 4.69) is 13.8 Å². The van der Waals surface area contributed by atoms with Crippen LogP contribution in [0.2, 0.25) is 0 Å². The van der Waals surface area contributed by atoms with Crippen LogP contribution < -0.4 is 0 Å². The minimum absolute atomic E-state index is 0.257. The molecule has 0 aliphatic heterocycles. The molecule has 0 aliphatic rings. The Kier molecular flexibility index (Phi) is 21.6. The van der Waals surface area contributed by atoms with Crippen LogP contribution in [-0.4, -0.2) is 25.2 Å². The first-order valence-electron chi connectivity index (χ1n) is 17.9. The van der Waals surface area contributed by atoms with E-state index in [4.69, 9.17) is 9.47 Å². The summed E-state index contributed by atoms with van der Waals surface area (Å²) in [5.74, 6) is -0.515. The minimum atomic E-state index is -0.257. The van der Waals surface area contributed by atoms with Crippen molar-refractivity contribution in [2.45, 2.75) is 142 Å². The topological polar surface area (TPSA) is 52.6 Å². The second kappa shape index (κ2) is 25.4. The van der Waals surface area contributed by atoms with E-state index in [1.165, 1.54) is 103 Å². The van der Waals surface area contributed by atoms with Gasteiger partial charge in [-0.1, -0.05) is 166 Å². The molecule has 2 rings (SSSR count). The standard InChI is InChI=1S/C40H60O4/c1-3-5-7-9-11-13-15-17-19-21-33-43-39(41)37-29-25-35(26-30-37)23-24-36-27-31-38(32-28-36)40(42)44-34-22-20-18-16-14-12-10-8-6-4-2/h23-32H,3-22,33-34H2,1-2H3. The molecule has 0 saturated heterocycles. The van der Waals surface area contributed by atoms with E-state index in [1.54, 1.807) is 0 Å². The summed E-state index contributed by atoms with van der Waals surface area (Å²) in [4.78, 5) is 24.8. The minimum Gasteiger partial charge on any atom is -0.462 e. The van der Waals surface area contributed by atoms with Crippen LogP contribution in [0, 0.1) is 0 Å². The van der Waals surface area contributed by atoms with Crippen molar-refractivity contribution < 1.29 is 19.1 Å². The highest BCUT2D eigenvalue weighted by Gasteiger charge is 2.08. The van der Waals surface area contributed by atoms with Gasteiger partial charge in [-0.15, -0.1) is 0 Å². The van der Waals surface area contributed by atoms with Crippen LogP contribution in [0.15, 0.2) is 48.5 Å². The normalized spacial score (nSPS) is 11.2. The Labute approximate surface area is 269 Å². The summed E-state index contributed by atoms with van der Waals surface area (Å²) in [6.07, 6.45) is 29.2. The second-order valence-electron chi connectivity index (χ2n) is 12.2. The molecule has 4 heteroatoms. The Bertz CT molecular complexity index is 939. The van der Waals surface area contributed by atoms with Gasteiger partial charge in [0.2, 0.25) is 0 Å². The maximum absolute atomic E-state index is 12.4. The molecular formula is C40H60O4. The van der Waals surface area contributed by atoms with Gasteiger partial charge in [0, 0.05) is 0 Å². The van der Waals surface area contributed by atoms with E-state index in [0.29, 0.717) is 24.3 Å². The van der Waals surface area contributed by atoms with Crippen LogP contribution in [-0.2, 0) is 9.47 Å². The maximum atomic E-state index is 12.4. The van der Waals surface area contributed by atoms with Gasteiger partial charge in [-0.05, 0) is 48.2 Å². The predicted octanol–water partition coefficient (Wildman–Crippen LogP) is 12.0. The zero-order valence-corrected chi connectivity index (χ0v) is 28.0. The van der Waals surface area contributed by atoms with Crippen molar-refractivity contribution in [1.82, 2.24) is 0 Å². The molecule has 2 aromatic rings. The van der Waals surface area contributed by atoms with Crippen molar-refractivity contribution in [1.29, 1.82) is 0 Å². The molecule has 0 saturated carbocycles. The molecule has 0 spiro atoms. The van der Waals surface area contributed by atoms with Crippen LogP contribution in [0.1, 0.15) is 174 Å². The first-order valence-corrected chi connectivity index (χ1v) is 17.9. The number of carbonyl (C=O) groups is 2. The fourth-order valence-corrected chi connectivity index (χ4v) is 5.33. The van der Waals surface area contributed by atoms with Crippen LogP contribution in [0.4, 0.5) is 0 Å².